The molecule has 2 N–H and O–H groups in total. The van der Waals surface area contributed by atoms with Crippen molar-refractivity contribution in [3.8, 4) is 0 Å². The second kappa shape index (κ2) is 5.91. The summed E-state index contributed by atoms with van der Waals surface area (Å²) in [6.07, 6.45) is 1.74. The quantitative estimate of drug-likeness (QED) is 0.686. The van der Waals surface area contributed by atoms with Crippen molar-refractivity contribution in [1.29, 1.82) is 0 Å². The van der Waals surface area contributed by atoms with E-state index in [1.807, 2.05) is 6.07 Å². The zero-order valence-corrected chi connectivity index (χ0v) is 13.8. The van der Waals surface area contributed by atoms with Gasteiger partial charge in [-0.1, -0.05) is 17.7 Å². The van der Waals surface area contributed by atoms with Crippen molar-refractivity contribution in [2.24, 2.45) is 0 Å². The Labute approximate surface area is 142 Å². The molecule has 3 nitrogen and oxygen atoms in total. The van der Waals surface area contributed by atoms with Gasteiger partial charge in [0, 0.05) is 28.2 Å². The van der Waals surface area contributed by atoms with Crippen LogP contribution in [0.25, 0.3) is 10.9 Å². The van der Waals surface area contributed by atoms with Gasteiger partial charge in [-0.05, 0) is 43.7 Å². The Morgan fingerprint density at radius 2 is 1.92 bits per heavy atom. The summed E-state index contributed by atoms with van der Waals surface area (Å²) in [6.45, 7) is 3.47. The molecule has 0 bridgehead atoms. The van der Waals surface area contributed by atoms with Gasteiger partial charge in [-0.3, -0.25) is 4.79 Å². The molecule has 24 heavy (non-hydrogen) atoms. The summed E-state index contributed by atoms with van der Waals surface area (Å²) in [5, 5.41) is 3.97. The molecule has 6 heteroatoms. The molecule has 0 radical (unpaired) electrons. The molecule has 0 fully saturated rings. The Morgan fingerprint density at radius 1 is 1.17 bits per heavy atom. The Kier molecular flexibility index (Phi) is 4.05. The lowest BCUT2D eigenvalue weighted by molar-refractivity contribution is -0.120. The number of anilines is 1. The van der Waals surface area contributed by atoms with Crippen molar-refractivity contribution in [3.05, 3.63) is 64.8 Å². The van der Waals surface area contributed by atoms with Crippen LogP contribution in [0.15, 0.2) is 42.6 Å². The normalized spacial score (nSPS) is 11.7. The molecule has 3 rings (SSSR count). The number of halogens is 3. The van der Waals surface area contributed by atoms with Crippen LogP contribution >= 0.6 is 11.6 Å². The third-order valence-electron chi connectivity index (χ3n) is 4.06. The number of aromatic amines is 1. The SMILES string of the molecule is CC(C)(C(=O)Nc1ccc(F)cc1F)c1c[nH]c2cc(Cl)ccc12. The van der Waals surface area contributed by atoms with Gasteiger partial charge in [-0.25, -0.2) is 8.78 Å². The van der Waals surface area contributed by atoms with E-state index in [2.05, 4.69) is 10.3 Å². The fraction of sp³-hybridized carbons (Fsp3) is 0.167. The highest BCUT2D eigenvalue weighted by atomic mass is 35.5. The molecular formula is C18H15ClF2N2O. The largest absolute Gasteiger partial charge is 0.361 e. The van der Waals surface area contributed by atoms with Crippen molar-refractivity contribution in [2.75, 3.05) is 5.32 Å². The molecule has 0 aliphatic rings. The predicted octanol–water partition coefficient (Wildman–Crippen LogP) is 5.02. The fourth-order valence-corrected chi connectivity index (χ4v) is 2.78. The van der Waals surface area contributed by atoms with Crippen molar-refractivity contribution in [2.45, 2.75) is 19.3 Å². The number of amides is 1. The van der Waals surface area contributed by atoms with Crippen molar-refractivity contribution in [3.63, 3.8) is 0 Å². The van der Waals surface area contributed by atoms with Crippen LogP contribution in [0.4, 0.5) is 14.5 Å². The third kappa shape index (κ3) is 2.87. The molecule has 0 unspecified atom stereocenters. The molecule has 0 saturated heterocycles. The van der Waals surface area contributed by atoms with Crippen LogP contribution in [0.5, 0.6) is 0 Å². The zero-order chi connectivity index (χ0) is 17.5. The highest BCUT2D eigenvalue weighted by molar-refractivity contribution is 6.31. The first-order valence-corrected chi connectivity index (χ1v) is 7.70. The van der Waals surface area contributed by atoms with Crippen LogP contribution < -0.4 is 5.32 Å². The van der Waals surface area contributed by atoms with Crippen molar-refractivity contribution < 1.29 is 13.6 Å². The first kappa shape index (κ1) is 16.5. The van der Waals surface area contributed by atoms with E-state index >= 15 is 0 Å². The highest BCUT2D eigenvalue weighted by Crippen LogP contribution is 2.33. The Hall–Kier alpha value is -2.40. The van der Waals surface area contributed by atoms with E-state index in [4.69, 9.17) is 11.6 Å². The van der Waals surface area contributed by atoms with Crippen molar-refractivity contribution in [1.82, 2.24) is 4.98 Å². The molecule has 0 saturated carbocycles. The first-order chi connectivity index (χ1) is 11.3. The van der Waals surface area contributed by atoms with E-state index in [0.717, 1.165) is 28.6 Å². The summed E-state index contributed by atoms with van der Waals surface area (Å²) in [4.78, 5) is 15.8. The smallest absolute Gasteiger partial charge is 0.234 e. The minimum atomic E-state index is -0.938. The molecular weight excluding hydrogens is 334 g/mol. The van der Waals surface area contributed by atoms with Crippen LogP contribution in [0.1, 0.15) is 19.4 Å². The van der Waals surface area contributed by atoms with E-state index in [1.54, 1.807) is 32.2 Å². The number of aromatic nitrogens is 1. The molecule has 1 aromatic heterocycles. The Balaban J connectivity index is 1.95. The van der Waals surface area contributed by atoms with Gasteiger partial charge in [0.2, 0.25) is 5.91 Å². The number of carbonyl (C=O) groups excluding carboxylic acids is 1. The molecule has 2 aromatic carbocycles. The maximum Gasteiger partial charge on any atom is 0.234 e. The lowest BCUT2D eigenvalue weighted by Crippen LogP contribution is -2.34. The lowest BCUT2D eigenvalue weighted by atomic mass is 9.83. The second-order valence-corrected chi connectivity index (χ2v) is 6.53. The maximum absolute atomic E-state index is 13.8. The van der Waals surface area contributed by atoms with Gasteiger partial charge in [0.25, 0.3) is 0 Å². The summed E-state index contributed by atoms with van der Waals surface area (Å²) >= 11 is 5.97. The van der Waals surface area contributed by atoms with Gasteiger partial charge in [-0.2, -0.15) is 0 Å². The summed E-state index contributed by atoms with van der Waals surface area (Å²) in [5.74, 6) is -1.91. The zero-order valence-electron chi connectivity index (χ0n) is 13.1. The van der Waals surface area contributed by atoms with E-state index in [-0.39, 0.29) is 5.69 Å². The monoisotopic (exact) mass is 348 g/mol. The summed E-state index contributed by atoms with van der Waals surface area (Å²) in [6, 6.07) is 8.38. The first-order valence-electron chi connectivity index (χ1n) is 7.32. The number of hydrogen-bond donors (Lipinski definition) is 2. The molecule has 0 spiro atoms. The number of nitrogens with one attached hydrogen (secondary N) is 2. The van der Waals surface area contributed by atoms with Gasteiger partial charge in [-0.15, -0.1) is 0 Å². The van der Waals surface area contributed by atoms with Gasteiger partial charge in [0.1, 0.15) is 11.6 Å². The maximum atomic E-state index is 13.8. The van der Waals surface area contributed by atoms with Crippen LogP contribution in [0.2, 0.25) is 5.02 Å². The van der Waals surface area contributed by atoms with E-state index < -0.39 is 23.0 Å². The Morgan fingerprint density at radius 3 is 2.62 bits per heavy atom. The summed E-state index contributed by atoms with van der Waals surface area (Å²) < 4.78 is 26.7. The van der Waals surface area contributed by atoms with Crippen molar-refractivity contribution >= 4 is 34.1 Å². The summed E-state index contributed by atoms with van der Waals surface area (Å²) in [7, 11) is 0. The number of benzene rings is 2. The average Bonchev–Trinajstić information content (AvgIpc) is 2.93. The Bertz CT molecular complexity index is 934. The van der Waals surface area contributed by atoms with Crippen LogP contribution in [-0.4, -0.2) is 10.9 Å². The van der Waals surface area contributed by atoms with E-state index in [0.29, 0.717) is 5.02 Å². The molecule has 0 aliphatic heterocycles. The standard InChI is InChI=1S/C18H15ClF2N2O/c1-18(2,13-9-22-16-7-10(19)3-5-12(13)16)17(24)23-15-6-4-11(20)8-14(15)21/h3-9,22H,1-2H3,(H,23,24). The number of H-pyrrole nitrogens is 1. The molecule has 0 atom stereocenters. The number of rotatable bonds is 3. The van der Waals surface area contributed by atoms with Gasteiger partial charge < -0.3 is 10.3 Å². The van der Waals surface area contributed by atoms with Crippen LogP contribution in [0, 0.1) is 11.6 Å². The number of carbonyl (C=O) groups is 1. The second-order valence-electron chi connectivity index (χ2n) is 6.10. The third-order valence-corrected chi connectivity index (χ3v) is 4.30. The lowest BCUT2D eigenvalue weighted by Gasteiger charge is -2.23. The fourth-order valence-electron chi connectivity index (χ4n) is 2.61. The van der Waals surface area contributed by atoms with E-state index in [9.17, 15) is 13.6 Å². The predicted molar refractivity (Wildman–Crippen MR) is 91.3 cm³/mol. The summed E-state index contributed by atoms with van der Waals surface area (Å²) in [5.41, 5.74) is 0.574. The molecule has 1 amide bonds. The van der Waals surface area contributed by atoms with Gasteiger partial charge >= 0.3 is 0 Å². The molecule has 124 valence electrons. The average molecular weight is 349 g/mol. The van der Waals surface area contributed by atoms with Gasteiger partial charge in [0.05, 0.1) is 11.1 Å². The number of fused-ring (bicyclic) bond motifs is 1. The minimum Gasteiger partial charge on any atom is -0.361 e. The number of hydrogen-bond acceptors (Lipinski definition) is 1. The van der Waals surface area contributed by atoms with Crippen LogP contribution in [0.3, 0.4) is 0 Å². The molecule has 0 aliphatic carbocycles. The molecule has 3 aromatic rings. The highest BCUT2D eigenvalue weighted by Gasteiger charge is 2.32. The van der Waals surface area contributed by atoms with Crippen LogP contribution in [-0.2, 0) is 10.2 Å². The molecule has 1 heterocycles. The topological polar surface area (TPSA) is 44.9 Å². The van der Waals surface area contributed by atoms with E-state index in [1.165, 1.54) is 6.07 Å². The minimum absolute atomic E-state index is 0.0580. The van der Waals surface area contributed by atoms with Gasteiger partial charge in [0.15, 0.2) is 0 Å².